The Bertz CT molecular complexity index is 861. The minimum absolute atomic E-state index is 0.107. The standard InChI is InChI=1S/C22H23F3N2O/c23-22(24,25)18-9-3-4-10-19(18)26-21(28)14-27(16-12-13-16)20-11-5-7-15-6-1-2-8-17(15)20/h1-4,6,8-10,16,20H,5,7,11-14H2,(H,26,28). The Morgan fingerprint density at radius 1 is 1.04 bits per heavy atom. The van der Waals surface area contributed by atoms with Crippen molar-refractivity contribution in [2.24, 2.45) is 0 Å². The number of amides is 1. The van der Waals surface area contributed by atoms with Gasteiger partial charge in [-0.2, -0.15) is 13.2 Å². The van der Waals surface area contributed by atoms with Crippen LogP contribution in [-0.2, 0) is 17.4 Å². The second-order valence-corrected chi connectivity index (χ2v) is 7.60. The molecule has 0 radical (unpaired) electrons. The predicted molar refractivity (Wildman–Crippen MR) is 102 cm³/mol. The van der Waals surface area contributed by atoms with E-state index in [9.17, 15) is 18.0 Å². The van der Waals surface area contributed by atoms with Gasteiger partial charge in [0.05, 0.1) is 17.8 Å². The highest BCUT2D eigenvalue weighted by Crippen LogP contribution is 2.40. The SMILES string of the molecule is O=C(CN(C1CC1)C1CCCc2ccccc21)Nc1ccccc1C(F)(F)F. The quantitative estimate of drug-likeness (QED) is 0.765. The minimum Gasteiger partial charge on any atom is -0.324 e. The highest BCUT2D eigenvalue weighted by Gasteiger charge is 2.38. The number of anilines is 1. The van der Waals surface area contributed by atoms with Gasteiger partial charge in [0, 0.05) is 12.1 Å². The third kappa shape index (κ3) is 4.07. The molecule has 2 aliphatic rings. The average molecular weight is 388 g/mol. The smallest absolute Gasteiger partial charge is 0.324 e. The molecule has 1 fully saturated rings. The maximum Gasteiger partial charge on any atom is 0.418 e. The molecule has 0 saturated heterocycles. The first kappa shape index (κ1) is 19.0. The van der Waals surface area contributed by atoms with Crippen LogP contribution in [0.4, 0.5) is 18.9 Å². The number of carbonyl (C=O) groups is 1. The maximum atomic E-state index is 13.2. The number of rotatable bonds is 5. The van der Waals surface area contributed by atoms with Crippen LogP contribution in [0.25, 0.3) is 0 Å². The van der Waals surface area contributed by atoms with Crippen LogP contribution in [0, 0.1) is 0 Å². The number of para-hydroxylation sites is 1. The Kier molecular flexibility index (Phi) is 5.15. The number of nitrogens with zero attached hydrogens (tertiary/aromatic N) is 1. The molecule has 2 aliphatic carbocycles. The van der Waals surface area contributed by atoms with Crippen molar-refractivity contribution in [1.29, 1.82) is 0 Å². The topological polar surface area (TPSA) is 32.3 Å². The normalized spacial score (nSPS) is 19.4. The van der Waals surface area contributed by atoms with E-state index in [0.717, 1.165) is 38.2 Å². The number of benzene rings is 2. The van der Waals surface area contributed by atoms with Gasteiger partial charge >= 0.3 is 6.18 Å². The van der Waals surface area contributed by atoms with Gasteiger partial charge in [-0.25, -0.2) is 0 Å². The lowest BCUT2D eigenvalue weighted by Crippen LogP contribution is -2.39. The maximum absolute atomic E-state index is 13.2. The van der Waals surface area contributed by atoms with Crippen molar-refractivity contribution in [2.75, 3.05) is 11.9 Å². The number of carbonyl (C=O) groups excluding carboxylic acids is 1. The number of hydrogen-bond donors (Lipinski definition) is 1. The van der Waals surface area contributed by atoms with Crippen molar-refractivity contribution in [1.82, 2.24) is 4.90 Å². The van der Waals surface area contributed by atoms with Gasteiger partial charge < -0.3 is 5.32 Å². The Hall–Kier alpha value is -2.34. The zero-order valence-corrected chi connectivity index (χ0v) is 15.5. The molecule has 6 heteroatoms. The summed E-state index contributed by atoms with van der Waals surface area (Å²) in [6, 6.07) is 13.9. The van der Waals surface area contributed by atoms with Crippen molar-refractivity contribution in [2.45, 2.75) is 50.4 Å². The summed E-state index contributed by atoms with van der Waals surface area (Å²) in [5.41, 5.74) is 1.57. The fourth-order valence-electron chi connectivity index (χ4n) is 4.17. The zero-order valence-electron chi connectivity index (χ0n) is 15.5. The first-order chi connectivity index (χ1) is 13.4. The summed E-state index contributed by atoms with van der Waals surface area (Å²) in [6.45, 7) is 0.107. The van der Waals surface area contributed by atoms with E-state index < -0.39 is 17.6 Å². The Balaban J connectivity index is 1.52. The number of halogens is 3. The van der Waals surface area contributed by atoms with Gasteiger partial charge in [-0.3, -0.25) is 9.69 Å². The molecule has 1 saturated carbocycles. The highest BCUT2D eigenvalue weighted by atomic mass is 19.4. The number of aryl methyl sites for hydroxylation is 1. The number of alkyl halides is 3. The van der Waals surface area contributed by atoms with E-state index in [1.54, 1.807) is 0 Å². The van der Waals surface area contributed by atoms with Crippen LogP contribution < -0.4 is 5.32 Å². The van der Waals surface area contributed by atoms with Crippen molar-refractivity contribution >= 4 is 11.6 Å². The Labute approximate surface area is 162 Å². The molecule has 1 N–H and O–H groups in total. The molecule has 0 aromatic heterocycles. The van der Waals surface area contributed by atoms with Crippen molar-refractivity contribution in [3.63, 3.8) is 0 Å². The molecular weight excluding hydrogens is 365 g/mol. The highest BCUT2D eigenvalue weighted by molar-refractivity contribution is 5.93. The van der Waals surface area contributed by atoms with Crippen molar-refractivity contribution in [3.8, 4) is 0 Å². The Morgan fingerprint density at radius 3 is 2.50 bits per heavy atom. The largest absolute Gasteiger partial charge is 0.418 e. The number of nitrogens with one attached hydrogen (secondary N) is 1. The van der Waals surface area contributed by atoms with E-state index in [1.807, 2.05) is 12.1 Å². The molecule has 0 aliphatic heterocycles. The molecule has 0 bridgehead atoms. The van der Waals surface area contributed by atoms with E-state index in [2.05, 4.69) is 22.3 Å². The molecule has 2 aromatic rings. The molecule has 1 unspecified atom stereocenters. The van der Waals surface area contributed by atoms with E-state index in [1.165, 1.54) is 29.3 Å². The lowest BCUT2D eigenvalue weighted by molar-refractivity contribution is -0.137. The van der Waals surface area contributed by atoms with Gasteiger partial charge in [-0.15, -0.1) is 0 Å². The summed E-state index contributed by atoms with van der Waals surface area (Å²) in [5.74, 6) is -0.397. The van der Waals surface area contributed by atoms with E-state index in [-0.39, 0.29) is 18.3 Å². The van der Waals surface area contributed by atoms with Crippen LogP contribution in [0.5, 0.6) is 0 Å². The van der Waals surface area contributed by atoms with Crippen molar-refractivity contribution in [3.05, 3.63) is 65.2 Å². The Morgan fingerprint density at radius 2 is 1.75 bits per heavy atom. The van der Waals surface area contributed by atoms with Crippen LogP contribution in [0.15, 0.2) is 48.5 Å². The molecule has 2 aromatic carbocycles. The molecule has 148 valence electrons. The van der Waals surface area contributed by atoms with Gasteiger partial charge in [0.15, 0.2) is 0 Å². The second-order valence-electron chi connectivity index (χ2n) is 7.60. The second kappa shape index (κ2) is 7.59. The molecule has 0 heterocycles. The van der Waals surface area contributed by atoms with Gasteiger partial charge in [-0.05, 0) is 55.4 Å². The molecule has 1 atom stereocenters. The summed E-state index contributed by atoms with van der Waals surface area (Å²) in [6.07, 6.45) is 0.637. The fraction of sp³-hybridized carbons (Fsp3) is 0.409. The van der Waals surface area contributed by atoms with Gasteiger partial charge in [0.25, 0.3) is 0 Å². The lowest BCUT2D eigenvalue weighted by Gasteiger charge is -2.35. The van der Waals surface area contributed by atoms with Crippen LogP contribution in [0.2, 0.25) is 0 Å². The van der Waals surface area contributed by atoms with E-state index in [4.69, 9.17) is 0 Å². The molecule has 0 spiro atoms. The fourth-order valence-corrected chi connectivity index (χ4v) is 4.17. The third-order valence-corrected chi connectivity index (χ3v) is 5.59. The predicted octanol–water partition coefficient (Wildman–Crippen LogP) is 5.19. The first-order valence-corrected chi connectivity index (χ1v) is 9.73. The monoisotopic (exact) mass is 388 g/mol. The molecule has 1 amide bonds. The summed E-state index contributed by atoms with van der Waals surface area (Å²) >= 11 is 0. The molecule has 4 rings (SSSR count). The first-order valence-electron chi connectivity index (χ1n) is 9.73. The van der Waals surface area contributed by atoms with Gasteiger partial charge in [0.2, 0.25) is 5.91 Å². The summed E-state index contributed by atoms with van der Waals surface area (Å²) in [5, 5.41) is 2.49. The lowest BCUT2D eigenvalue weighted by atomic mass is 9.86. The summed E-state index contributed by atoms with van der Waals surface area (Å²) in [4.78, 5) is 14.9. The minimum atomic E-state index is -4.50. The van der Waals surface area contributed by atoms with Gasteiger partial charge in [0.1, 0.15) is 0 Å². The average Bonchev–Trinajstić information content (AvgIpc) is 3.50. The van der Waals surface area contributed by atoms with Gasteiger partial charge in [-0.1, -0.05) is 36.4 Å². The molecular formula is C22H23F3N2O. The van der Waals surface area contributed by atoms with E-state index >= 15 is 0 Å². The number of fused-ring (bicyclic) bond motifs is 1. The van der Waals surface area contributed by atoms with Crippen LogP contribution in [-0.4, -0.2) is 23.4 Å². The van der Waals surface area contributed by atoms with Crippen LogP contribution in [0.3, 0.4) is 0 Å². The summed E-state index contributed by atoms with van der Waals surface area (Å²) in [7, 11) is 0. The zero-order chi connectivity index (χ0) is 19.7. The van der Waals surface area contributed by atoms with Crippen LogP contribution in [0.1, 0.15) is 48.4 Å². The number of hydrogen-bond acceptors (Lipinski definition) is 2. The van der Waals surface area contributed by atoms with E-state index in [0.29, 0.717) is 6.04 Å². The third-order valence-electron chi connectivity index (χ3n) is 5.59. The van der Waals surface area contributed by atoms with Crippen LogP contribution >= 0.6 is 0 Å². The van der Waals surface area contributed by atoms with Crippen molar-refractivity contribution < 1.29 is 18.0 Å². The molecule has 3 nitrogen and oxygen atoms in total. The molecule has 28 heavy (non-hydrogen) atoms. The summed E-state index contributed by atoms with van der Waals surface area (Å²) < 4.78 is 39.6.